The van der Waals surface area contributed by atoms with E-state index in [0.717, 1.165) is 61.9 Å². The molecule has 3 heterocycles. The van der Waals surface area contributed by atoms with Gasteiger partial charge >= 0.3 is 0 Å². The molecule has 1 aliphatic carbocycles. The number of hydrogen-bond donors (Lipinski definition) is 0. The Labute approximate surface area is 170 Å². The first-order valence-corrected chi connectivity index (χ1v) is 10.7. The molecule has 2 aliphatic rings. The van der Waals surface area contributed by atoms with Crippen molar-refractivity contribution in [3.8, 4) is 0 Å². The topological polar surface area (TPSA) is 50.5 Å². The summed E-state index contributed by atoms with van der Waals surface area (Å²) < 4.78 is 29.2. The second-order valence-electron chi connectivity index (χ2n) is 9.26. The molecule has 1 aliphatic heterocycles. The highest BCUT2D eigenvalue weighted by Gasteiger charge is 2.37. The molecule has 2 fully saturated rings. The summed E-state index contributed by atoms with van der Waals surface area (Å²) in [6, 6.07) is 4.10. The number of rotatable bonds is 4. The highest BCUT2D eigenvalue weighted by Crippen LogP contribution is 2.42. The zero-order valence-electron chi connectivity index (χ0n) is 17.4. The molecule has 1 saturated heterocycles. The third kappa shape index (κ3) is 4.14. The molecule has 0 radical (unpaired) electrons. The molecule has 7 heteroatoms. The van der Waals surface area contributed by atoms with Gasteiger partial charge in [-0.25, -0.2) is 18.3 Å². The SMILES string of the molecule is Cc1cc([C@@H]2C[C@H](C)CN(C=O)C2)n2nc(C3CCC(C(C)(F)F)CC3)cc2n1. The third-order valence-corrected chi connectivity index (χ3v) is 6.72. The van der Waals surface area contributed by atoms with Gasteiger partial charge in [0.2, 0.25) is 12.3 Å². The molecule has 5 nitrogen and oxygen atoms in total. The molecule has 4 rings (SSSR count). The molecule has 29 heavy (non-hydrogen) atoms. The maximum atomic E-state index is 13.6. The minimum absolute atomic E-state index is 0.209. The zero-order valence-corrected chi connectivity index (χ0v) is 17.4. The van der Waals surface area contributed by atoms with Crippen molar-refractivity contribution in [3.05, 3.63) is 29.2 Å². The fourth-order valence-corrected chi connectivity index (χ4v) is 5.23. The molecule has 2 aromatic rings. The zero-order chi connectivity index (χ0) is 20.8. The summed E-state index contributed by atoms with van der Waals surface area (Å²) in [5, 5.41) is 4.88. The van der Waals surface area contributed by atoms with Crippen LogP contribution in [-0.2, 0) is 4.79 Å². The summed E-state index contributed by atoms with van der Waals surface area (Å²) in [6.45, 7) is 6.68. The molecular formula is C22H30F2N4O. The van der Waals surface area contributed by atoms with Crippen LogP contribution < -0.4 is 0 Å². The highest BCUT2D eigenvalue weighted by molar-refractivity contribution is 5.48. The Balaban J connectivity index is 1.61. The van der Waals surface area contributed by atoms with Gasteiger partial charge in [0.05, 0.1) is 11.4 Å². The second kappa shape index (κ2) is 7.65. The predicted octanol–water partition coefficient (Wildman–Crippen LogP) is 4.55. The standard InChI is InChI=1S/C22H30F2N4O/c1-14-8-17(12-27(11-14)13-29)20-9-15(2)25-21-10-19(26-28(20)21)16-4-6-18(7-5-16)22(3,23)24/h9-10,13-14,16-18H,4-8,11-12H2,1-3H3/t14-,16?,17+,18?/m0/s1. The average Bonchev–Trinajstić information content (AvgIpc) is 3.10. The van der Waals surface area contributed by atoms with Crippen molar-refractivity contribution in [1.29, 1.82) is 0 Å². The van der Waals surface area contributed by atoms with Gasteiger partial charge in [0, 0.05) is 42.6 Å². The van der Waals surface area contributed by atoms with E-state index >= 15 is 0 Å². The summed E-state index contributed by atoms with van der Waals surface area (Å²) >= 11 is 0. The van der Waals surface area contributed by atoms with Gasteiger partial charge in [-0.05, 0) is 57.9 Å². The number of piperidine rings is 1. The Bertz CT molecular complexity index is 883. The smallest absolute Gasteiger partial charge is 0.248 e. The largest absolute Gasteiger partial charge is 0.344 e. The highest BCUT2D eigenvalue weighted by atomic mass is 19.3. The van der Waals surface area contributed by atoms with Crippen LogP contribution in [0.2, 0.25) is 0 Å². The molecule has 0 aromatic carbocycles. The average molecular weight is 405 g/mol. The van der Waals surface area contributed by atoms with Gasteiger partial charge < -0.3 is 4.90 Å². The van der Waals surface area contributed by atoms with Crippen LogP contribution in [0.1, 0.15) is 74.9 Å². The molecule has 0 N–H and O–H groups in total. The number of aromatic nitrogens is 3. The number of hydrogen-bond acceptors (Lipinski definition) is 3. The van der Waals surface area contributed by atoms with Crippen LogP contribution in [-0.4, -0.2) is 44.9 Å². The molecule has 0 spiro atoms. The number of carbonyl (C=O) groups excluding carboxylic acids is 1. The second-order valence-corrected chi connectivity index (χ2v) is 9.26. The molecule has 2 aromatic heterocycles. The van der Waals surface area contributed by atoms with Crippen molar-refractivity contribution in [2.75, 3.05) is 13.1 Å². The summed E-state index contributed by atoms with van der Waals surface area (Å²) in [4.78, 5) is 17.9. The van der Waals surface area contributed by atoms with Gasteiger partial charge in [-0.15, -0.1) is 0 Å². The lowest BCUT2D eigenvalue weighted by Crippen LogP contribution is -2.38. The van der Waals surface area contributed by atoms with Crippen molar-refractivity contribution in [3.63, 3.8) is 0 Å². The minimum atomic E-state index is -2.60. The molecule has 1 saturated carbocycles. The van der Waals surface area contributed by atoms with Gasteiger partial charge in [-0.2, -0.15) is 5.10 Å². The van der Waals surface area contributed by atoms with E-state index in [9.17, 15) is 13.6 Å². The van der Waals surface area contributed by atoms with E-state index in [4.69, 9.17) is 5.10 Å². The number of likely N-dealkylation sites (tertiary alicyclic amines) is 1. The first-order chi connectivity index (χ1) is 13.7. The van der Waals surface area contributed by atoms with Crippen molar-refractivity contribution in [1.82, 2.24) is 19.5 Å². The van der Waals surface area contributed by atoms with Crippen LogP contribution in [0.5, 0.6) is 0 Å². The van der Waals surface area contributed by atoms with Crippen molar-refractivity contribution in [2.45, 2.75) is 70.6 Å². The molecule has 0 unspecified atom stereocenters. The van der Waals surface area contributed by atoms with Crippen LogP contribution in [0.25, 0.3) is 5.65 Å². The van der Waals surface area contributed by atoms with Crippen LogP contribution in [0.15, 0.2) is 12.1 Å². The van der Waals surface area contributed by atoms with E-state index in [2.05, 4.69) is 18.0 Å². The Kier molecular flexibility index (Phi) is 5.34. The first-order valence-electron chi connectivity index (χ1n) is 10.7. The summed E-state index contributed by atoms with van der Waals surface area (Å²) in [5.41, 5.74) is 3.79. The number of carbonyl (C=O) groups is 1. The molecule has 1 amide bonds. The quantitative estimate of drug-likeness (QED) is 0.703. The van der Waals surface area contributed by atoms with Gasteiger partial charge in [0.25, 0.3) is 0 Å². The fraction of sp³-hybridized carbons (Fsp3) is 0.682. The van der Waals surface area contributed by atoms with Gasteiger partial charge in [0.15, 0.2) is 5.65 Å². The minimum Gasteiger partial charge on any atom is -0.344 e. The lowest BCUT2D eigenvalue weighted by molar-refractivity contribution is -0.120. The molecule has 0 bridgehead atoms. The Morgan fingerprint density at radius 3 is 2.52 bits per heavy atom. The van der Waals surface area contributed by atoms with E-state index < -0.39 is 11.8 Å². The van der Waals surface area contributed by atoms with Crippen LogP contribution in [0.3, 0.4) is 0 Å². The monoisotopic (exact) mass is 404 g/mol. The first kappa shape index (κ1) is 20.2. The van der Waals surface area contributed by atoms with E-state index in [0.29, 0.717) is 25.3 Å². The van der Waals surface area contributed by atoms with Crippen molar-refractivity contribution < 1.29 is 13.6 Å². The van der Waals surface area contributed by atoms with Crippen LogP contribution >= 0.6 is 0 Å². The predicted molar refractivity (Wildman–Crippen MR) is 107 cm³/mol. The lowest BCUT2D eigenvalue weighted by atomic mass is 9.78. The number of aryl methyl sites for hydroxylation is 1. The van der Waals surface area contributed by atoms with Crippen molar-refractivity contribution in [2.24, 2.45) is 11.8 Å². The molecular weight excluding hydrogens is 374 g/mol. The molecule has 2 atom stereocenters. The lowest BCUT2D eigenvalue weighted by Gasteiger charge is -2.34. The van der Waals surface area contributed by atoms with Crippen molar-refractivity contribution >= 4 is 12.1 Å². The third-order valence-electron chi connectivity index (χ3n) is 6.72. The Hall–Kier alpha value is -2.05. The number of nitrogens with zero attached hydrogens (tertiary/aromatic N) is 4. The van der Waals surface area contributed by atoms with Crippen LogP contribution in [0.4, 0.5) is 8.78 Å². The number of halogens is 2. The van der Waals surface area contributed by atoms with E-state index in [1.165, 1.54) is 0 Å². The van der Waals surface area contributed by atoms with Gasteiger partial charge in [-0.1, -0.05) is 6.92 Å². The number of alkyl halides is 2. The maximum absolute atomic E-state index is 13.6. The van der Waals surface area contributed by atoms with Gasteiger partial charge in [-0.3, -0.25) is 4.79 Å². The van der Waals surface area contributed by atoms with Gasteiger partial charge in [0.1, 0.15) is 0 Å². The Morgan fingerprint density at radius 2 is 1.86 bits per heavy atom. The maximum Gasteiger partial charge on any atom is 0.248 e. The Morgan fingerprint density at radius 1 is 1.14 bits per heavy atom. The van der Waals surface area contributed by atoms with Crippen LogP contribution in [0, 0.1) is 18.8 Å². The van der Waals surface area contributed by atoms with E-state index in [1.54, 1.807) is 0 Å². The van der Waals surface area contributed by atoms with E-state index in [1.807, 2.05) is 22.4 Å². The number of amides is 1. The van der Waals surface area contributed by atoms with E-state index in [-0.39, 0.29) is 11.8 Å². The number of fused-ring (bicyclic) bond motifs is 1. The fourth-order valence-electron chi connectivity index (χ4n) is 5.23. The summed E-state index contributed by atoms with van der Waals surface area (Å²) in [7, 11) is 0. The normalized spacial score (nSPS) is 28.7. The summed E-state index contributed by atoms with van der Waals surface area (Å²) in [6.07, 6.45) is 4.50. The molecule has 158 valence electrons. The summed E-state index contributed by atoms with van der Waals surface area (Å²) in [5.74, 6) is -2.26.